The van der Waals surface area contributed by atoms with Gasteiger partial charge in [-0.05, 0) is 63.6 Å². The highest BCUT2D eigenvalue weighted by atomic mass is 32.1. The number of thiophene rings is 1. The first-order chi connectivity index (χ1) is 13.5. The number of rotatable bonds is 7. The summed E-state index contributed by atoms with van der Waals surface area (Å²) in [4.78, 5) is 26.8. The predicted molar refractivity (Wildman–Crippen MR) is 111 cm³/mol. The Morgan fingerprint density at radius 2 is 1.86 bits per heavy atom. The molecule has 1 amide bonds. The van der Waals surface area contributed by atoms with Gasteiger partial charge < -0.3 is 14.8 Å². The smallest absolute Gasteiger partial charge is 0.341 e. The van der Waals surface area contributed by atoms with Crippen molar-refractivity contribution in [2.75, 3.05) is 5.32 Å². The predicted octanol–water partition coefficient (Wildman–Crippen LogP) is 4.99. The molecule has 0 unspecified atom stereocenters. The second-order valence-corrected chi connectivity index (χ2v) is 8.29. The van der Waals surface area contributed by atoms with E-state index in [1.165, 1.54) is 16.2 Å². The van der Waals surface area contributed by atoms with E-state index in [1.807, 2.05) is 51.1 Å². The first-order valence-corrected chi connectivity index (χ1v) is 10.7. The molecule has 2 aromatic rings. The van der Waals surface area contributed by atoms with Crippen LogP contribution in [0.5, 0.6) is 5.75 Å². The lowest BCUT2D eigenvalue weighted by Crippen LogP contribution is -2.32. The lowest BCUT2D eigenvalue weighted by molar-refractivity contribution is -0.122. The van der Waals surface area contributed by atoms with E-state index in [4.69, 9.17) is 9.47 Å². The molecule has 0 saturated carbocycles. The molecule has 1 heterocycles. The van der Waals surface area contributed by atoms with E-state index in [1.54, 1.807) is 0 Å². The van der Waals surface area contributed by atoms with Gasteiger partial charge in [0.1, 0.15) is 10.8 Å². The summed E-state index contributed by atoms with van der Waals surface area (Å²) in [6, 6.07) is 9.29. The van der Waals surface area contributed by atoms with Gasteiger partial charge in [-0.2, -0.15) is 0 Å². The Hall–Kier alpha value is -2.34. The van der Waals surface area contributed by atoms with Crippen LogP contribution in [-0.4, -0.2) is 24.1 Å². The number of carbonyl (C=O) groups is 2. The second kappa shape index (κ2) is 9.24. The average Bonchev–Trinajstić information content (AvgIpc) is 3.04. The number of esters is 1. The van der Waals surface area contributed by atoms with Crippen LogP contribution in [0.3, 0.4) is 0 Å². The minimum absolute atomic E-state index is 0.208. The van der Waals surface area contributed by atoms with Crippen molar-refractivity contribution in [2.45, 2.75) is 65.1 Å². The first-order valence-electron chi connectivity index (χ1n) is 9.87. The minimum Gasteiger partial charge on any atom is -0.481 e. The Morgan fingerprint density at radius 3 is 2.54 bits per heavy atom. The summed E-state index contributed by atoms with van der Waals surface area (Å²) in [7, 11) is 0. The van der Waals surface area contributed by atoms with Gasteiger partial charge in [0.25, 0.3) is 5.91 Å². The zero-order valence-corrected chi connectivity index (χ0v) is 17.4. The summed E-state index contributed by atoms with van der Waals surface area (Å²) in [6.45, 7) is 5.56. The second-order valence-electron chi connectivity index (χ2n) is 7.19. The van der Waals surface area contributed by atoms with E-state index in [0.717, 1.165) is 31.2 Å². The van der Waals surface area contributed by atoms with Crippen molar-refractivity contribution in [3.63, 3.8) is 0 Å². The van der Waals surface area contributed by atoms with E-state index in [-0.39, 0.29) is 18.0 Å². The molecular formula is C22H27NO4S. The molecule has 5 nitrogen and oxygen atoms in total. The fourth-order valence-corrected chi connectivity index (χ4v) is 4.60. The number of benzene rings is 1. The number of fused-ring (bicyclic) bond motifs is 1. The molecule has 1 aliphatic carbocycles. The third-order valence-corrected chi connectivity index (χ3v) is 5.85. The summed E-state index contributed by atoms with van der Waals surface area (Å²) < 4.78 is 11.3. The quantitative estimate of drug-likeness (QED) is 0.664. The number of amides is 1. The molecule has 0 spiro atoms. The van der Waals surface area contributed by atoms with Crippen LogP contribution in [0.2, 0.25) is 0 Å². The first kappa shape index (κ1) is 20.4. The highest BCUT2D eigenvalue weighted by Crippen LogP contribution is 2.39. The summed E-state index contributed by atoms with van der Waals surface area (Å²) in [5, 5.41) is 3.53. The Balaban J connectivity index is 1.83. The molecule has 1 atom stereocenters. The zero-order valence-electron chi connectivity index (χ0n) is 16.6. The van der Waals surface area contributed by atoms with Gasteiger partial charge in [-0.15, -0.1) is 11.3 Å². The van der Waals surface area contributed by atoms with Crippen LogP contribution >= 0.6 is 11.3 Å². The van der Waals surface area contributed by atoms with E-state index >= 15 is 0 Å². The van der Waals surface area contributed by atoms with E-state index in [2.05, 4.69) is 5.32 Å². The van der Waals surface area contributed by atoms with Crippen molar-refractivity contribution < 1.29 is 19.1 Å². The largest absolute Gasteiger partial charge is 0.481 e. The molecule has 0 fully saturated rings. The summed E-state index contributed by atoms with van der Waals surface area (Å²) in [5.74, 6) is 0.0414. The molecule has 1 N–H and O–H groups in total. The van der Waals surface area contributed by atoms with E-state index in [9.17, 15) is 9.59 Å². The van der Waals surface area contributed by atoms with Crippen LogP contribution in [0, 0.1) is 0 Å². The van der Waals surface area contributed by atoms with Crippen LogP contribution in [0.25, 0.3) is 0 Å². The van der Waals surface area contributed by atoms with E-state index in [0.29, 0.717) is 22.7 Å². The van der Waals surface area contributed by atoms with Crippen LogP contribution in [0.15, 0.2) is 30.3 Å². The number of nitrogens with one attached hydrogen (secondary N) is 1. The number of anilines is 1. The van der Waals surface area contributed by atoms with Gasteiger partial charge in [-0.25, -0.2) is 4.79 Å². The summed E-state index contributed by atoms with van der Waals surface area (Å²) in [5.41, 5.74) is 1.56. The minimum atomic E-state index is -0.629. The number of aryl methyl sites for hydroxylation is 1. The lowest BCUT2D eigenvalue weighted by Gasteiger charge is -2.17. The van der Waals surface area contributed by atoms with Crippen molar-refractivity contribution in [3.8, 4) is 5.75 Å². The monoisotopic (exact) mass is 401 g/mol. The average molecular weight is 402 g/mol. The van der Waals surface area contributed by atoms with Gasteiger partial charge in [0.15, 0.2) is 6.10 Å². The van der Waals surface area contributed by atoms with Crippen molar-refractivity contribution >= 4 is 28.2 Å². The van der Waals surface area contributed by atoms with Crippen molar-refractivity contribution in [1.29, 1.82) is 0 Å². The number of para-hydroxylation sites is 1. The van der Waals surface area contributed by atoms with Crippen LogP contribution in [0.4, 0.5) is 5.00 Å². The Bertz CT molecular complexity index is 829. The molecule has 1 aromatic heterocycles. The van der Waals surface area contributed by atoms with Gasteiger partial charge in [-0.1, -0.05) is 25.1 Å². The molecule has 0 saturated heterocycles. The Kier molecular flexibility index (Phi) is 6.73. The maximum atomic E-state index is 12.9. The number of ether oxygens (including phenoxy) is 2. The molecule has 6 heteroatoms. The summed E-state index contributed by atoms with van der Waals surface area (Å²) >= 11 is 1.49. The van der Waals surface area contributed by atoms with Gasteiger partial charge in [0.05, 0.1) is 11.7 Å². The molecule has 28 heavy (non-hydrogen) atoms. The molecule has 0 radical (unpaired) electrons. The number of hydrogen-bond donors (Lipinski definition) is 1. The molecule has 0 aliphatic heterocycles. The number of carbonyl (C=O) groups excluding carboxylic acids is 2. The molecule has 1 aromatic carbocycles. The van der Waals surface area contributed by atoms with Gasteiger partial charge >= 0.3 is 5.97 Å². The summed E-state index contributed by atoms with van der Waals surface area (Å²) in [6.07, 6.45) is 3.63. The highest BCUT2D eigenvalue weighted by molar-refractivity contribution is 7.17. The maximum absolute atomic E-state index is 12.9. The topological polar surface area (TPSA) is 64.6 Å². The maximum Gasteiger partial charge on any atom is 0.341 e. The third-order valence-electron chi connectivity index (χ3n) is 4.64. The third kappa shape index (κ3) is 4.73. The van der Waals surface area contributed by atoms with E-state index < -0.39 is 6.10 Å². The zero-order chi connectivity index (χ0) is 20.1. The molecular weight excluding hydrogens is 374 g/mol. The molecule has 150 valence electrons. The van der Waals surface area contributed by atoms with Crippen LogP contribution in [0.1, 0.15) is 60.8 Å². The lowest BCUT2D eigenvalue weighted by atomic mass is 9.95. The van der Waals surface area contributed by atoms with Crippen molar-refractivity contribution in [1.82, 2.24) is 0 Å². The highest BCUT2D eigenvalue weighted by Gasteiger charge is 2.29. The van der Waals surface area contributed by atoms with Crippen molar-refractivity contribution in [3.05, 3.63) is 46.3 Å². The van der Waals surface area contributed by atoms with Gasteiger partial charge in [0, 0.05) is 4.88 Å². The van der Waals surface area contributed by atoms with Crippen LogP contribution < -0.4 is 10.1 Å². The molecule has 1 aliphatic rings. The Morgan fingerprint density at radius 1 is 1.14 bits per heavy atom. The molecule has 3 rings (SSSR count). The SMILES string of the molecule is CC[C@@H](Oc1ccccc1)C(=O)Nc1sc2c(c1C(=O)OC(C)C)CCCC2. The standard InChI is InChI=1S/C22H27NO4S/c1-4-17(27-15-10-6-5-7-11-15)20(24)23-21-19(22(25)26-14(2)3)16-12-8-9-13-18(16)28-21/h5-7,10-11,14,17H,4,8-9,12-13H2,1-3H3,(H,23,24)/t17-/m1/s1. The fourth-order valence-electron chi connectivity index (χ4n) is 3.32. The van der Waals surface area contributed by atoms with Gasteiger partial charge in [0.2, 0.25) is 0 Å². The number of hydrogen-bond acceptors (Lipinski definition) is 5. The van der Waals surface area contributed by atoms with Crippen LogP contribution in [-0.2, 0) is 22.4 Å². The normalized spacial score (nSPS) is 14.3. The molecule has 0 bridgehead atoms. The van der Waals surface area contributed by atoms with Crippen molar-refractivity contribution in [2.24, 2.45) is 0 Å². The van der Waals surface area contributed by atoms with Gasteiger partial charge in [-0.3, -0.25) is 4.79 Å². The fraction of sp³-hybridized carbons (Fsp3) is 0.455. The Labute approximate surface area is 170 Å².